The van der Waals surface area contributed by atoms with Gasteiger partial charge in [-0.1, -0.05) is 30.0 Å². The number of carboxylic acid groups (broad SMARTS) is 1. The van der Waals surface area contributed by atoms with Crippen LogP contribution in [0.4, 0.5) is 13.2 Å². The number of nitriles is 1. The predicted octanol–water partition coefficient (Wildman–Crippen LogP) is 3.23. The van der Waals surface area contributed by atoms with E-state index in [9.17, 15) is 13.2 Å². The average Bonchev–Trinajstić information content (AvgIpc) is 2.52. The van der Waals surface area contributed by atoms with E-state index in [-0.39, 0.29) is 0 Å². The van der Waals surface area contributed by atoms with Crippen molar-refractivity contribution in [3.05, 3.63) is 52.1 Å². The van der Waals surface area contributed by atoms with Gasteiger partial charge in [-0.2, -0.15) is 18.4 Å². The van der Waals surface area contributed by atoms with Gasteiger partial charge < -0.3 is 10.4 Å². The van der Waals surface area contributed by atoms with Gasteiger partial charge in [0.05, 0.1) is 17.6 Å². The molecule has 4 nitrogen and oxygen atoms in total. The maximum atomic E-state index is 10.6. The minimum absolute atomic E-state index is 0.657. The van der Waals surface area contributed by atoms with Crippen LogP contribution in [0.25, 0.3) is 0 Å². The molecule has 23 heavy (non-hydrogen) atoms. The third kappa shape index (κ3) is 4.29. The second-order valence-corrected chi connectivity index (χ2v) is 5.73. The van der Waals surface area contributed by atoms with Crippen molar-refractivity contribution in [2.24, 2.45) is 0 Å². The number of hydrogen-bond acceptors (Lipinski definition) is 4. The van der Waals surface area contributed by atoms with Crippen molar-refractivity contribution in [3.63, 3.8) is 0 Å². The smallest absolute Gasteiger partial charge is 0.475 e. The summed E-state index contributed by atoms with van der Waals surface area (Å²) in [5.41, 5.74) is 3.41. The fourth-order valence-electron chi connectivity index (χ4n) is 1.99. The Balaban J connectivity index is 0.000000236. The predicted molar refractivity (Wildman–Crippen MR) is 78.4 cm³/mol. The van der Waals surface area contributed by atoms with E-state index in [2.05, 4.69) is 35.7 Å². The van der Waals surface area contributed by atoms with E-state index in [1.807, 2.05) is 6.08 Å². The van der Waals surface area contributed by atoms with E-state index >= 15 is 0 Å². The molecule has 120 valence electrons. The minimum atomic E-state index is -5.08. The third-order valence-corrected chi connectivity index (χ3v) is 4.26. The Morgan fingerprint density at radius 1 is 1.35 bits per heavy atom. The van der Waals surface area contributed by atoms with Crippen LogP contribution in [0, 0.1) is 11.3 Å². The number of nitrogens with zero attached hydrogens (tertiary/aromatic N) is 1. The molecule has 0 fully saturated rings. The zero-order valence-electron chi connectivity index (χ0n) is 11.6. The number of halogens is 3. The first-order chi connectivity index (χ1) is 10.8. The number of rotatable bonds is 0. The van der Waals surface area contributed by atoms with Crippen molar-refractivity contribution in [1.82, 2.24) is 5.32 Å². The largest absolute Gasteiger partial charge is 0.490 e. The molecule has 0 aromatic heterocycles. The lowest BCUT2D eigenvalue weighted by molar-refractivity contribution is -0.192. The Hall–Kier alpha value is -2.40. The molecule has 0 bridgehead atoms. The maximum Gasteiger partial charge on any atom is 0.490 e. The SMILES string of the molecule is N#CC1=CC2=C(NC1)Sc1ccccc1C2.O=C(O)C(F)(F)F. The molecule has 0 radical (unpaired) electrons. The summed E-state index contributed by atoms with van der Waals surface area (Å²) in [5, 5.41) is 20.5. The van der Waals surface area contributed by atoms with Crippen molar-refractivity contribution in [2.45, 2.75) is 17.5 Å². The Kier molecular flexibility index (Phi) is 5.01. The number of aliphatic carboxylic acids is 1. The molecule has 3 rings (SSSR count). The van der Waals surface area contributed by atoms with Crippen molar-refractivity contribution in [3.8, 4) is 6.07 Å². The molecule has 0 aliphatic carbocycles. The summed E-state index contributed by atoms with van der Waals surface area (Å²) in [6.07, 6.45) is -2.13. The van der Waals surface area contributed by atoms with Crippen molar-refractivity contribution >= 4 is 17.7 Å². The number of carbonyl (C=O) groups is 1. The quantitative estimate of drug-likeness (QED) is 0.758. The number of carboxylic acids is 1. The Morgan fingerprint density at radius 3 is 2.61 bits per heavy atom. The van der Waals surface area contributed by atoms with Gasteiger partial charge in [0, 0.05) is 16.9 Å². The summed E-state index contributed by atoms with van der Waals surface area (Å²) in [5.74, 6) is -2.76. The zero-order chi connectivity index (χ0) is 17.0. The van der Waals surface area contributed by atoms with Gasteiger partial charge in [0.2, 0.25) is 0 Å². The monoisotopic (exact) mass is 340 g/mol. The second-order valence-electron chi connectivity index (χ2n) is 4.68. The van der Waals surface area contributed by atoms with E-state index in [1.54, 1.807) is 11.8 Å². The van der Waals surface area contributed by atoms with Crippen LogP contribution in [0.5, 0.6) is 0 Å². The third-order valence-electron chi connectivity index (χ3n) is 3.03. The second kappa shape index (κ2) is 6.79. The lowest BCUT2D eigenvalue weighted by Crippen LogP contribution is -2.22. The first kappa shape index (κ1) is 17.0. The highest BCUT2D eigenvalue weighted by molar-refractivity contribution is 8.03. The van der Waals surface area contributed by atoms with Crippen LogP contribution in [0.2, 0.25) is 0 Å². The van der Waals surface area contributed by atoms with Crippen LogP contribution < -0.4 is 5.32 Å². The number of benzene rings is 1. The number of fused-ring (bicyclic) bond motifs is 1. The number of dihydropyridines is 1. The normalized spacial score (nSPS) is 15.8. The molecule has 1 aromatic carbocycles. The van der Waals surface area contributed by atoms with Crippen molar-refractivity contribution in [1.29, 1.82) is 5.26 Å². The topological polar surface area (TPSA) is 73.1 Å². The van der Waals surface area contributed by atoms with Gasteiger partial charge in [0.1, 0.15) is 0 Å². The molecule has 2 aliphatic rings. The van der Waals surface area contributed by atoms with E-state index in [0.717, 1.165) is 12.0 Å². The first-order valence-corrected chi connectivity index (χ1v) is 7.26. The molecular formula is C15H11F3N2O2S. The van der Waals surface area contributed by atoms with Crippen LogP contribution in [0.1, 0.15) is 5.56 Å². The fraction of sp³-hybridized carbons (Fsp3) is 0.200. The minimum Gasteiger partial charge on any atom is -0.475 e. The van der Waals surface area contributed by atoms with E-state index in [0.29, 0.717) is 6.54 Å². The van der Waals surface area contributed by atoms with Crippen LogP contribution in [0.15, 0.2) is 51.4 Å². The van der Waals surface area contributed by atoms with Crippen LogP contribution >= 0.6 is 11.8 Å². The maximum absolute atomic E-state index is 10.6. The highest BCUT2D eigenvalue weighted by Crippen LogP contribution is 2.38. The van der Waals surface area contributed by atoms with E-state index < -0.39 is 12.1 Å². The van der Waals surface area contributed by atoms with Crippen LogP contribution in [0.3, 0.4) is 0 Å². The molecule has 0 atom stereocenters. The number of nitrogens with one attached hydrogen (secondary N) is 1. The molecule has 2 aliphatic heterocycles. The Bertz CT molecular complexity index is 733. The zero-order valence-corrected chi connectivity index (χ0v) is 12.5. The van der Waals surface area contributed by atoms with Gasteiger partial charge in [0.25, 0.3) is 0 Å². The number of thioether (sulfide) groups is 1. The highest BCUT2D eigenvalue weighted by Gasteiger charge is 2.38. The molecule has 0 unspecified atom stereocenters. The molecule has 0 saturated heterocycles. The van der Waals surface area contributed by atoms with Gasteiger partial charge >= 0.3 is 12.1 Å². The summed E-state index contributed by atoms with van der Waals surface area (Å²) in [7, 11) is 0. The molecule has 0 spiro atoms. The summed E-state index contributed by atoms with van der Waals surface area (Å²) in [6.45, 7) is 0.657. The first-order valence-electron chi connectivity index (χ1n) is 6.45. The number of hydrogen-bond donors (Lipinski definition) is 2. The van der Waals surface area contributed by atoms with Gasteiger partial charge in [-0.25, -0.2) is 4.79 Å². The van der Waals surface area contributed by atoms with Crippen LogP contribution in [-0.2, 0) is 11.2 Å². The molecule has 8 heteroatoms. The van der Waals surface area contributed by atoms with Gasteiger partial charge in [-0.15, -0.1) is 0 Å². The standard InChI is InChI=1S/C13H10N2S.C2HF3O2/c14-7-9-5-11-6-10-3-1-2-4-12(10)16-13(11)15-8-9;3-2(4,5)1(6)7/h1-5,15H,6,8H2;(H,6,7). The van der Waals surface area contributed by atoms with E-state index in [4.69, 9.17) is 15.2 Å². The lowest BCUT2D eigenvalue weighted by Gasteiger charge is -2.24. The van der Waals surface area contributed by atoms with Gasteiger partial charge in [0.15, 0.2) is 0 Å². The Labute approximate surface area is 134 Å². The van der Waals surface area contributed by atoms with Crippen molar-refractivity contribution in [2.75, 3.05) is 6.54 Å². The molecule has 0 saturated carbocycles. The summed E-state index contributed by atoms with van der Waals surface area (Å²) in [4.78, 5) is 10.2. The van der Waals surface area contributed by atoms with Gasteiger partial charge in [-0.05, 0) is 23.3 Å². The highest BCUT2D eigenvalue weighted by atomic mass is 32.2. The lowest BCUT2D eigenvalue weighted by atomic mass is 10.0. The summed E-state index contributed by atoms with van der Waals surface area (Å²) >= 11 is 1.77. The molecule has 0 amide bonds. The average molecular weight is 340 g/mol. The summed E-state index contributed by atoms with van der Waals surface area (Å²) < 4.78 is 31.7. The molecule has 2 heterocycles. The van der Waals surface area contributed by atoms with E-state index in [1.165, 1.54) is 21.1 Å². The Morgan fingerprint density at radius 2 is 2.00 bits per heavy atom. The fourth-order valence-corrected chi connectivity index (χ4v) is 3.03. The summed E-state index contributed by atoms with van der Waals surface area (Å²) in [6, 6.07) is 10.6. The molecule has 2 N–H and O–H groups in total. The molecule has 1 aromatic rings. The number of alkyl halides is 3. The van der Waals surface area contributed by atoms with Crippen LogP contribution in [-0.4, -0.2) is 23.8 Å². The number of allylic oxidation sites excluding steroid dienone is 2. The van der Waals surface area contributed by atoms with Gasteiger partial charge in [-0.3, -0.25) is 0 Å². The van der Waals surface area contributed by atoms with Crippen molar-refractivity contribution < 1.29 is 23.1 Å². The molecular weight excluding hydrogens is 329 g/mol.